The fourth-order valence-electron chi connectivity index (χ4n) is 4.01. The van der Waals surface area contributed by atoms with Crippen LogP contribution in [0.25, 0.3) is 5.69 Å². The van der Waals surface area contributed by atoms with Crippen molar-refractivity contribution >= 4 is 29.6 Å². The summed E-state index contributed by atoms with van der Waals surface area (Å²) in [6.07, 6.45) is 2.19. The Labute approximate surface area is 237 Å². The van der Waals surface area contributed by atoms with Crippen molar-refractivity contribution in [3.05, 3.63) is 41.7 Å². The number of carbonyl (C=O) groups excluding carboxylic acids is 4. The second-order valence-electron chi connectivity index (χ2n) is 9.61. The molecule has 2 unspecified atom stereocenters. The summed E-state index contributed by atoms with van der Waals surface area (Å²) in [6, 6.07) is 3.97. The second-order valence-corrected chi connectivity index (χ2v) is 9.61. The molecule has 4 amide bonds. The van der Waals surface area contributed by atoms with Crippen molar-refractivity contribution in [1.82, 2.24) is 41.2 Å². The van der Waals surface area contributed by atoms with Crippen molar-refractivity contribution in [3.63, 3.8) is 0 Å². The molecule has 3 heterocycles. The van der Waals surface area contributed by atoms with E-state index in [0.29, 0.717) is 23.4 Å². The number of hydrogen-bond donors (Lipinski definition) is 5. The highest BCUT2D eigenvalue weighted by Gasteiger charge is 2.29. The summed E-state index contributed by atoms with van der Waals surface area (Å²) in [7, 11) is 1.61. The minimum atomic E-state index is -1.23. The van der Waals surface area contributed by atoms with E-state index in [1.165, 1.54) is 9.58 Å². The quantitative estimate of drug-likeness (QED) is 0.250. The van der Waals surface area contributed by atoms with Crippen molar-refractivity contribution in [2.24, 2.45) is 0 Å². The molecular formula is C26H36N8O7. The molecule has 15 nitrogen and oxygen atoms in total. The molecule has 2 aliphatic heterocycles. The Morgan fingerprint density at radius 1 is 1.20 bits per heavy atom. The molecule has 41 heavy (non-hydrogen) atoms. The van der Waals surface area contributed by atoms with Gasteiger partial charge in [-0.1, -0.05) is 24.3 Å². The standard InChI is InChI=1S/C26H36N8O7/c1-4-9-33-13-23(36)28-11-22(35)29-20(26(39)40)10-17-5-7-19(8-6-17)34-12-18(31-32-34)14-41-15-21(25(33)38)30-24(37)16(2)27-3/h5-8,12,16,20-21,27H,4,9-11,13-15H2,1-3H3,(H,28,36)(H,29,35)(H,30,37)(H,39,40)/t16-,20?,21?/m0/s1. The number of nitrogens with one attached hydrogen (secondary N) is 4. The lowest BCUT2D eigenvalue weighted by Crippen LogP contribution is -2.56. The van der Waals surface area contributed by atoms with Gasteiger partial charge in [-0.3, -0.25) is 19.2 Å². The van der Waals surface area contributed by atoms with E-state index in [9.17, 15) is 29.1 Å². The molecule has 0 spiro atoms. The van der Waals surface area contributed by atoms with E-state index in [-0.39, 0.29) is 32.7 Å². The zero-order chi connectivity index (χ0) is 29.9. The van der Waals surface area contributed by atoms with Crippen LogP contribution in [0.1, 0.15) is 31.5 Å². The second kappa shape index (κ2) is 14.9. The van der Waals surface area contributed by atoms with Crippen molar-refractivity contribution in [1.29, 1.82) is 0 Å². The predicted octanol–water partition coefficient (Wildman–Crippen LogP) is -1.64. The van der Waals surface area contributed by atoms with Gasteiger partial charge in [0.1, 0.15) is 17.8 Å². The van der Waals surface area contributed by atoms with Gasteiger partial charge >= 0.3 is 5.97 Å². The van der Waals surface area contributed by atoms with E-state index in [2.05, 4.69) is 31.6 Å². The topological polar surface area (TPSA) is 197 Å². The Morgan fingerprint density at radius 3 is 2.59 bits per heavy atom. The smallest absolute Gasteiger partial charge is 0.326 e. The van der Waals surface area contributed by atoms with Crippen molar-refractivity contribution in [3.8, 4) is 5.69 Å². The van der Waals surface area contributed by atoms with Crippen LogP contribution >= 0.6 is 0 Å². The molecule has 0 aliphatic carbocycles. The molecule has 3 atom stereocenters. The van der Waals surface area contributed by atoms with Gasteiger partial charge in [-0.2, -0.15) is 0 Å². The first-order chi connectivity index (χ1) is 19.6. The highest BCUT2D eigenvalue weighted by atomic mass is 16.5. The molecule has 0 saturated heterocycles. The van der Waals surface area contributed by atoms with E-state index in [0.717, 1.165) is 0 Å². The normalized spacial score (nSPS) is 20.0. The molecule has 5 N–H and O–H groups in total. The fraction of sp³-hybridized carbons (Fsp3) is 0.500. The van der Waals surface area contributed by atoms with E-state index >= 15 is 0 Å². The zero-order valence-electron chi connectivity index (χ0n) is 23.3. The third-order valence-corrected chi connectivity index (χ3v) is 6.38. The van der Waals surface area contributed by atoms with Crippen LogP contribution in [0.5, 0.6) is 0 Å². The summed E-state index contributed by atoms with van der Waals surface area (Å²) in [5.74, 6) is -3.52. The highest BCUT2D eigenvalue weighted by molar-refractivity contribution is 5.93. The number of carboxylic acid groups (broad SMARTS) is 1. The lowest BCUT2D eigenvalue weighted by atomic mass is 10.1. The molecule has 2 aromatic rings. The van der Waals surface area contributed by atoms with Crippen LogP contribution in [-0.4, -0.2) is 106 Å². The van der Waals surface area contributed by atoms with Crippen LogP contribution < -0.4 is 21.3 Å². The average Bonchev–Trinajstić information content (AvgIpc) is 3.42. The molecule has 0 saturated carbocycles. The molecule has 2 aliphatic rings. The minimum absolute atomic E-state index is 0.00164. The number of rotatable bonds is 6. The van der Waals surface area contributed by atoms with Gasteiger partial charge < -0.3 is 36.0 Å². The summed E-state index contributed by atoms with van der Waals surface area (Å²) in [5, 5.41) is 28.1. The number of likely N-dealkylation sites (N-methyl/N-ethyl adjacent to an activating group) is 1. The van der Waals surface area contributed by atoms with Crippen molar-refractivity contribution < 1.29 is 33.8 Å². The number of benzene rings is 1. The number of aromatic nitrogens is 3. The van der Waals surface area contributed by atoms with Crippen LogP contribution in [-0.2, 0) is 41.7 Å². The van der Waals surface area contributed by atoms with E-state index in [4.69, 9.17) is 4.74 Å². The van der Waals surface area contributed by atoms with Gasteiger partial charge in [-0.05, 0) is 38.1 Å². The number of hydrogen-bond acceptors (Lipinski definition) is 9. The Balaban J connectivity index is 1.88. The highest BCUT2D eigenvalue weighted by Crippen LogP contribution is 2.12. The summed E-state index contributed by atoms with van der Waals surface area (Å²) in [5.41, 5.74) is 1.79. The maximum Gasteiger partial charge on any atom is 0.326 e. The minimum Gasteiger partial charge on any atom is -0.480 e. The van der Waals surface area contributed by atoms with Crippen molar-refractivity contribution in [2.75, 3.05) is 33.3 Å². The number of aliphatic carboxylic acids is 1. The Morgan fingerprint density at radius 2 is 1.93 bits per heavy atom. The number of carboxylic acids is 1. The van der Waals surface area contributed by atoms with Gasteiger partial charge in [-0.15, -0.1) is 5.10 Å². The van der Waals surface area contributed by atoms with Crippen LogP contribution in [0.3, 0.4) is 0 Å². The van der Waals surface area contributed by atoms with Crippen LogP contribution in [0.2, 0.25) is 0 Å². The SMILES string of the molecule is CCCN1CC(=O)NCC(=O)NC(C(=O)O)Cc2ccc(cc2)-n2cc(nn2)COCC(NC(=O)[C@H](C)NC)C1=O. The van der Waals surface area contributed by atoms with E-state index in [1.807, 2.05) is 6.92 Å². The first kappa shape index (κ1) is 31.2. The number of amides is 4. The first-order valence-corrected chi connectivity index (χ1v) is 13.2. The summed E-state index contributed by atoms with van der Waals surface area (Å²) in [4.78, 5) is 64.3. The summed E-state index contributed by atoms with van der Waals surface area (Å²) >= 11 is 0. The van der Waals surface area contributed by atoms with Gasteiger partial charge in [0.2, 0.25) is 23.6 Å². The zero-order valence-corrected chi connectivity index (χ0v) is 23.3. The number of carbonyl (C=O) groups is 5. The lowest BCUT2D eigenvalue weighted by Gasteiger charge is -2.28. The first-order valence-electron chi connectivity index (χ1n) is 13.2. The van der Waals surface area contributed by atoms with Gasteiger partial charge in [-0.25, -0.2) is 9.48 Å². The Bertz CT molecular complexity index is 1230. The van der Waals surface area contributed by atoms with Gasteiger partial charge in [0, 0.05) is 13.0 Å². The molecule has 1 aromatic carbocycles. The largest absolute Gasteiger partial charge is 0.480 e. The van der Waals surface area contributed by atoms with Crippen LogP contribution in [0, 0.1) is 0 Å². The molecule has 15 heteroatoms. The predicted molar refractivity (Wildman–Crippen MR) is 145 cm³/mol. The van der Waals surface area contributed by atoms with Gasteiger partial charge in [0.15, 0.2) is 0 Å². The maximum absolute atomic E-state index is 13.5. The third kappa shape index (κ3) is 9.08. The van der Waals surface area contributed by atoms with Gasteiger partial charge in [0.05, 0.1) is 44.2 Å². The molecule has 4 rings (SSSR count). The molecular weight excluding hydrogens is 536 g/mol. The lowest BCUT2D eigenvalue weighted by molar-refractivity contribution is -0.142. The van der Waals surface area contributed by atoms with Crippen molar-refractivity contribution in [2.45, 2.75) is 51.4 Å². The van der Waals surface area contributed by atoms with E-state index in [1.54, 1.807) is 44.4 Å². The van der Waals surface area contributed by atoms with Crippen LogP contribution in [0.15, 0.2) is 30.5 Å². The third-order valence-electron chi connectivity index (χ3n) is 6.38. The molecule has 222 valence electrons. The Kier molecular flexibility index (Phi) is 11.3. The number of ether oxygens (including phenoxy) is 1. The van der Waals surface area contributed by atoms with E-state index < -0.39 is 54.3 Å². The maximum atomic E-state index is 13.5. The molecule has 0 radical (unpaired) electrons. The monoisotopic (exact) mass is 572 g/mol. The molecule has 4 bridgehead atoms. The summed E-state index contributed by atoms with van der Waals surface area (Å²) in [6.45, 7) is 2.62. The number of fused-ring (bicyclic) bond motifs is 15. The fourth-order valence-corrected chi connectivity index (χ4v) is 4.01. The average molecular weight is 573 g/mol. The van der Waals surface area contributed by atoms with Gasteiger partial charge in [0.25, 0.3) is 0 Å². The molecule has 1 aromatic heterocycles. The summed E-state index contributed by atoms with van der Waals surface area (Å²) < 4.78 is 7.26. The van der Waals surface area contributed by atoms with Crippen LogP contribution in [0.4, 0.5) is 0 Å². The molecule has 0 fully saturated rings. The Hall–Kier alpha value is -4.37. The number of nitrogens with zero attached hydrogens (tertiary/aromatic N) is 4.